The summed E-state index contributed by atoms with van der Waals surface area (Å²) in [5.41, 5.74) is -2.92. The average molecular weight is 495 g/mol. The predicted molar refractivity (Wildman–Crippen MR) is 108 cm³/mol. The van der Waals surface area contributed by atoms with Crippen LogP contribution in [0.4, 0.5) is 18.9 Å². The van der Waals surface area contributed by atoms with E-state index >= 15 is 0 Å². The van der Waals surface area contributed by atoms with Crippen molar-refractivity contribution >= 4 is 33.2 Å². The van der Waals surface area contributed by atoms with Crippen molar-refractivity contribution in [1.29, 1.82) is 0 Å². The van der Waals surface area contributed by atoms with E-state index in [0.717, 1.165) is 12.1 Å². The highest BCUT2D eigenvalue weighted by Crippen LogP contribution is 2.65. The van der Waals surface area contributed by atoms with E-state index in [-0.39, 0.29) is 18.0 Å². The second-order valence-corrected chi connectivity index (χ2v) is 11.5. The number of carbonyl (C=O) groups is 1. The van der Waals surface area contributed by atoms with Gasteiger partial charge in [-0.2, -0.15) is 13.2 Å². The molecule has 1 amide bonds. The lowest BCUT2D eigenvalue weighted by molar-refractivity contribution is -0.143. The van der Waals surface area contributed by atoms with Crippen LogP contribution in [0.1, 0.15) is 32.3 Å². The van der Waals surface area contributed by atoms with Gasteiger partial charge in [0.05, 0.1) is 46.1 Å². The van der Waals surface area contributed by atoms with Crippen LogP contribution in [0.5, 0.6) is 0 Å². The second kappa shape index (κ2) is 6.82. The third kappa shape index (κ3) is 2.97. The van der Waals surface area contributed by atoms with E-state index in [1.54, 1.807) is 6.92 Å². The summed E-state index contributed by atoms with van der Waals surface area (Å²) in [6.07, 6.45) is -4.86. The lowest BCUT2D eigenvalue weighted by Crippen LogP contribution is -2.61. The number of halogens is 4. The summed E-state index contributed by atoms with van der Waals surface area (Å²) < 4.78 is 79.9. The maximum absolute atomic E-state index is 13.5. The van der Waals surface area contributed by atoms with Crippen LogP contribution < -0.4 is 9.62 Å². The molecule has 1 N–H and O–H groups in total. The molecule has 1 spiro atoms. The molecule has 1 aromatic rings. The standard InChI is InChI=1S/C20H22ClF3N2O5S/c1-3-32(28,29)25-13-9-18(2)14-15-17(30-7-6-19(13,15)31-18)26(16(14)27)10-4-5-12(21)11(8-10)20(22,23)24/h4-5,8,13-15,17,25H,3,6-7,9H2,1-2H3/t13-,14+,15-,17-,18+,19-/m0/s1. The van der Waals surface area contributed by atoms with Gasteiger partial charge in [0.1, 0.15) is 6.23 Å². The van der Waals surface area contributed by atoms with Crippen LogP contribution in [-0.4, -0.2) is 50.2 Å². The number of alkyl halides is 3. The Morgan fingerprint density at radius 2 is 2.06 bits per heavy atom. The molecule has 4 heterocycles. The first-order chi connectivity index (χ1) is 14.8. The van der Waals surface area contributed by atoms with E-state index in [9.17, 15) is 26.4 Å². The minimum atomic E-state index is -4.68. The van der Waals surface area contributed by atoms with Crippen LogP contribution >= 0.6 is 11.6 Å². The van der Waals surface area contributed by atoms with Gasteiger partial charge in [-0.05, 0) is 38.5 Å². The first-order valence-electron chi connectivity index (χ1n) is 10.3. The van der Waals surface area contributed by atoms with Gasteiger partial charge in [0.15, 0.2) is 0 Å². The Hall–Kier alpha value is -1.40. The number of anilines is 1. The molecule has 4 aliphatic rings. The van der Waals surface area contributed by atoms with Gasteiger partial charge in [0.25, 0.3) is 0 Å². The quantitative estimate of drug-likeness (QED) is 0.695. The molecule has 0 aromatic heterocycles. The maximum atomic E-state index is 13.5. The topological polar surface area (TPSA) is 84.9 Å². The highest BCUT2D eigenvalue weighted by molar-refractivity contribution is 7.89. The summed E-state index contributed by atoms with van der Waals surface area (Å²) in [7, 11) is -3.54. The smallest absolute Gasteiger partial charge is 0.366 e. The number of hydrogen-bond donors (Lipinski definition) is 1. The minimum absolute atomic E-state index is 0.0388. The summed E-state index contributed by atoms with van der Waals surface area (Å²) in [6.45, 7) is 3.47. The van der Waals surface area contributed by atoms with Crippen LogP contribution in [-0.2, 0) is 30.5 Å². The zero-order valence-electron chi connectivity index (χ0n) is 17.3. The summed E-state index contributed by atoms with van der Waals surface area (Å²) in [4.78, 5) is 14.8. The third-order valence-corrected chi connectivity index (χ3v) is 9.02. The Morgan fingerprint density at radius 3 is 2.72 bits per heavy atom. The van der Waals surface area contributed by atoms with Crippen molar-refractivity contribution in [3.05, 3.63) is 28.8 Å². The van der Waals surface area contributed by atoms with Gasteiger partial charge in [0.2, 0.25) is 15.9 Å². The van der Waals surface area contributed by atoms with Crippen molar-refractivity contribution in [3.8, 4) is 0 Å². The Balaban J connectivity index is 1.57. The molecule has 0 radical (unpaired) electrons. The number of nitrogens with one attached hydrogen (secondary N) is 1. The van der Waals surface area contributed by atoms with E-state index in [4.69, 9.17) is 21.1 Å². The first-order valence-corrected chi connectivity index (χ1v) is 12.4. The molecule has 5 rings (SSSR count). The SMILES string of the molecule is CCS(=O)(=O)N[C@H]1C[C@@]2(C)O[C@@]13CCO[C@H]1[C@@H]3[C@@H]2C(=O)N1c1ccc(Cl)c(C(F)(F)F)c1. The number of sulfonamides is 1. The van der Waals surface area contributed by atoms with Gasteiger partial charge in [0, 0.05) is 18.0 Å². The molecule has 4 saturated heterocycles. The minimum Gasteiger partial charge on any atom is -0.366 e. The molecular weight excluding hydrogens is 473 g/mol. The molecule has 4 aliphatic heterocycles. The Kier molecular flexibility index (Phi) is 4.77. The number of fused-ring (bicyclic) bond motifs is 2. The maximum Gasteiger partial charge on any atom is 0.417 e. The van der Waals surface area contributed by atoms with Gasteiger partial charge in [-0.1, -0.05) is 11.6 Å². The zero-order valence-corrected chi connectivity index (χ0v) is 18.9. The summed E-state index contributed by atoms with van der Waals surface area (Å²) in [6, 6.07) is 2.79. The number of hydrogen-bond acceptors (Lipinski definition) is 5. The van der Waals surface area contributed by atoms with Crippen LogP contribution in [0, 0.1) is 11.8 Å². The number of amides is 1. The number of nitrogens with zero attached hydrogens (tertiary/aromatic N) is 1. The lowest BCUT2D eigenvalue weighted by Gasteiger charge is -2.45. The van der Waals surface area contributed by atoms with Crippen LogP contribution in [0.3, 0.4) is 0 Å². The molecular formula is C20H22ClF3N2O5S. The molecule has 0 saturated carbocycles. The average Bonchev–Trinajstić information content (AvgIpc) is 3.25. The second-order valence-electron chi connectivity index (χ2n) is 9.03. The van der Waals surface area contributed by atoms with Crippen molar-refractivity contribution in [2.45, 2.75) is 56.3 Å². The van der Waals surface area contributed by atoms with Gasteiger partial charge < -0.3 is 9.47 Å². The number of benzene rings is 1. The van der Waals surface area contributed by atoms with E-state index < -0.39 is 68.0 Å². The Labute approximate surface area is 188 Å². The number of carbonyl (C=O) groups excluding carboxylic acids is 1. The van der Waals surface area contributed by atoms with Crippen LogP contribution in [0.15, 0.2) is 18.2 Å². The van der Waals surface area contributed by atoms with Gasteiger partial charge in [-0.3, -0.25) is 9.69 Å². The van der Waals surface area contributed by atoms with Crippen molar-refractivity contribution in [2.75, 3.05) is 17.3 Å². The van der Waals surface area contributed by atoms with Gasteiger partial charge in [-0.15, -0.1) is 0 Å². The van der Waals surface area contributed by atoms with E-state index in [1.807, 2.05) is 0 Å². The molecule has 2 bridgehead atoms. The van der Waals surface area contributed by atoms with Gasteiger partial charge >= 0.3 is 6.18 Å². The first kappa shape index (κ1) is 22.4. The molecule has 6 atom stereocenters. The highest BCUT2D eigenvalue weighted by Gasteiger charge is 2.78. The van der Waals surface area contributed by atoms with Crippen LogP contribution in [0.25, 0.3) is 0 Å². The zero-order chi connectivity index (χ0) is 23.3. The number of ether oxygens (including phenoxy) is 2. The Bertz CT molecular complexity index is 1100. The number of rotatable bonds is 4. The summed E-state index contributed by atoms with van der Waals surface area (Å²) in [5.74, 6) is -1.66. The van der Waals surface area contributed by atoms with E-state index in [2.05, 4.69) is 4.72 Å². The normalized spacial score (nSPS) is 38.4. The third-order valence-electron chi connectivity index (χ3n) is 7.29. The van der Waals surface area contributed by atoms with Crippen molar-refractivity contribution < 1.29 is 35.9 Å². The summed E-state index contributed by atoms with van der Waals surface area (Å²) in [5, 5.41) is -0.460. The molecule has 0 aliphatic carbocycles. The summed E-state index contributed by atoms with van der Waals surface area (Å²) >= 11 is 5.76. The predicted octanol–water partition coefficient (Wildman–Crippen LogP) is 2.92. The fraction of sp³-hybridized carbons (Fsp3) is 0.650. The largest absolute Gasteiger partial charge is 0.417 e. The molecule has 12 heteroatoms. The fourth-order valence-electron chi connectivity index (χ4n) is 6.04. The molecule has 0 unspecified atom stereocenters. The molecule has 1 aromatic carbocycles. The van der Waals surface area contributed by atoms with Crippen LogP contribution in [0.2, 0.25) is 5.02 Å². The van der Waals surface area contributed by atoms with E-state index in [0.29, 0.717) is 12.8 Å². The van der Waals surface area contributed by atoms with Crippen molar-refractivity contribution in [2.24, 2.45) is 11.8 Å². The van der Waals surface area contributed by atoms with E-state index in [1.165, 1.54) is 17.9 Å². The fourth-order valence-corrected chi connectivity index (χ4v) is 7.15. The highest BCUT2D eigenvalue weighted by atomic mass is 35.5. The van der Waals surface area contributed by atoms with Crippen molar-refractivity contribution in [3.63, 3.8) is 0 Å². The molecule has 32 heavy (non-hydrogen) atoms. The molecule has 4 fully saturated rings. The Morgan fingerprint density at radius 1 is 1.34 bits per heavy atom. The van der Waals surface area contributed by atoms with Crippen molar-refractivity contribution in [1.82, 2.24) is 4.72 Å². The molecule has 7 nitrogen and oxygen atoms in total. The lowest BCUT2D eigenvalue weighted by atomic mass is 9.64. The monoisotopic (exact) mass is 494 g/mol. The van der Waals surface area contributed by atoms with Gasteiger partial charge in [-0.25, -0.2) is 13.1 Å². The molecule has 176 valence electrons.